The zero-order chi connectivity index (χ0) is 20.9. The lowest BCUT2D eigenvalue weighted by Crippen LogP contribution is -2.18. The van der Waals surface area contributed by atoms with E-state index >= 15 is 0 Å². The van der Waals surface area contributed by atoms with Crippen LogP contribution in [-0.2, 0) is 10.0 Å². The molecule has 148 valence electrons. The Hall–Kier alpha value is -2.93. The summed E-state index contributed by atoms with van der Waals surface area (Å²) in [6, 6.07) is 20.8. The smallest absolute Gasteiger partial charge is 0.240 e. The molecule has 0 radical (unpaired) electrons. The van der Waals surface area contributed by atoms with Crippen LogP contribution in [0.5, 0.6) is 0 Å². The molecule has 7 heteroatoms. The molecule has 0 saturated carbocycles. The Bertz CT molecular complexity index is 1140. The number of allylic oxidation sites excluding steroid dienone is 1. The first-order valence-electron chi connectivity index (χ1n) is 8.77. The fourth-order valence-corrected chi connectivity index (χ4v) is 3.55. The van der Waals surface area contributed by atoms with E-state index in [-0.39, 0.29) is 10.7 Å². The van der Waals surface area contributed by atoms with Gasteiger partial charge in [-0.1, -0.05) is 48.0 Å². The van der Waals surface area contributed by atoms with E-state index in [2.05, 4.69) is 10.0 Å². The van der Waals surface area contributed by atoms with Gasteiger partial charge in [0.15, 0.2) is 5.78 Å². The Morgan fingerprint density at radius 3 is 2.31 bits per heavy atom. The van der Waals surface area contributed by atoms with Crippen molar-refractivity contribution in [3.63, 3.8) is 0 Å². The minimum absolute atomic E-state index is 0.163. The molecule has 0 fully saturated rings. The van der Waals surface area contributed by atoms with E-state index in [0.29, 0.717) is 21.8 Å². The van der Waals surface area contributed by atoms with E-state index in [0.717, 1.165) is 5.69 Å². The van der Waals surface area contributed by atoms with Crippen LogP contribution in [0.3, 0.4) is 0 Å². The average molecular weight is 427 g/mol. The number of rotatable bonds is 7. The summed E-state index contributed by atoms with van der Waals surface area (Å²) < 4.78 is 25.8. The summed E-state index contributed by atoms with van der Waals surface area (Å²) in [6.45, 7) is 0. The highest BCUT2D eigenvalue weighted by atomic mass is 35.5. The number of carbonyl (C=O) groups is 1. The van der Waals surface area contributed by atoms with E-state index in [1.165, 1.54) is 25.3 Å². The molecule has 0 aromatic heterocycles. The lowest BCUT2D eigenvalue weighted by molar-refractivity contribution is 0.104. The molecule has 0 amide bonds. The van der Waals surface area contributed by atoms with Crippen molar-refractivity contribution in [1.29, 1.82) is 0 Å². The Morgan fingerprint density at radius 2 is 1.66 bits per heavy atom. The number of anilines is 2. The average Bonchev–Trinajstić information content (AvgIpc) is 2.73. The standard InChI is InChI=1S/C22H19ClN2O3S/c1-24-29(27,28)19-11-7-16(8-12-19)9-14-22(26)20-13-10-17(23)15-21(20)25-18-5-3-2-4-6-18/h2-15,24-25H,1H3. The first kappa shape index (κ1) is 20.8. The van der Waals surface area contributed by atoms with E-state index in [4.69, 9.17) is 11.6 Å². The van der Waals surface area contributed by atoms with Gasteiger partial charge >= 0.3 is 0 Å². The van der Waals surface area contributed by atoms with Crippen LogP contribution in [0.15, 0.2) is 83.8 Å². The van der Waals surface area contributed by atoms with E-state index in [1.807, 2.05) is 30.3 Å². The lowest BCUT2D eigenvalue weighted by Gasteiger charge is -2.11. The van der Waals surface area contributed by atoms with E-state index in [9.17, 15) is 13.2 Å². The molecule has 0 aliphatic rings. The highest BCUT2D eigenvalue weighted by Crippen LogP contribution is 2.25. The summed E-state index contributed by atoms with van der Waals surface area (Å²) >= 11 is 6.10. The molecule has 0 aliphatic heterocycles. The van der Waals surface area contributed by atoms with Gasteiger partial charge in [0.05, 0.1) is 10.6 Å². The molecule has 5 nitrogen and oxygen atoms in total. The zero-order valence-corrected chi connectivity index (χ0v) is 17.2. The molecule has 3 aromatic carbocycles. The van der Waals surface area contributed by atoms with Crippen LogP contribution >= 0.6 is 11.6 Å². The van der Waals surface area contributed by atoms with Gasteiger partial charge in [0.1, 0.15) is 0 Å². The van der Waals surface area contributed by atoms with Crippen molar-refractivity contribution < 1.29 is 13.2 Å². The summed E-state index contributed by atoms with van der Waals surface area (Å²) in [5.41, 5.74) is 2.63. The molecule has 0 saturated heterocycles. The van der Waals surface area contributed by atoms with Gasteiger partial charge < -0.3 is 5.32 Å². The monoisotopic (exact) mass is 426 g/mol. The normalized spacial score (nSPS) is 11.5. The predicted octanol–water partition coefficient (Wildman–Crippen LogP) is 4.89. The van der Waals surface area contributed by atoms with Crippen LogP contribution in [0, 0.1) is 0 Å². The van der Waals surface area contributed by atoms with Crippen molar-refractivity contribution in [2.45, 2.75) is 4.90 Å². The van der Waals surface area contributed by atoms with Crippen LogP contribution in [0.2, 0.25) is 5.02 Å². The van der Waals surface area contributed by atoms with Crippen molar-refractivity contribution in [2.24, 2.45) is 0 Å². The number of para-hydroxylation sites is 1. The van der Waals surface area contributed by atoms with Crippen LogP contribution in [0.4, 0.5) is 11.4 Å². The molecular formula is C22H19ClN2O3S. The van der Waals surface area contributed by atoms with Crippen LogP contribution in [0.25, 0.3) is 6.08 Å². The maximum atomic E-state index is 12.7. The number of sulfonamides is 1. The maximum Gasteiger partial charge on any atom is 0.240 e. The number of halogens is 1. The quantitative estimate of drug-likeness (QED) is 0.416. The van der Waals surface area contributed by atoms with Gasteiger partial charge in [-0.3, -0.25) is 4.79 Å². The molecular weight excluding hydrogens is 408 g/mol. The van der Waals surface area contributed by atoms with Gasteiger partial charge in [0.2, 0.25) is 10.0 Å². The third kappa shape index (κ3) is 5.32. The number of nitrogens with one attached hydrogen (secondary N) is 2. The summed E-state index contributed by atoms with van der Waals surface area (Å²) in [6.07, 6.45) is 3.08. The molecule has 0 heterocycles. The second-order valence-corrected chi connectivity index (χ2v) is 8.48. The van der Waals surface area contributed by atoms with Gasteiger partial charge in [-0.05, 0) is 61.2 Å². The summed E-state index contributed by atoms with van der Waals surface area (Å²) in [7, 11) is -2.13. The number of benzene rings is 3. The fourth-order valence-electron chi connectivity index (χ4n) is 2.65. The van der Waals surface area contributed by atoms with Gasteiger partial charge in [-0.2, -0.15) is 0 Å². The number of carbonyl (C=O) groups excluding carboxylic acids is 1. The lowest BCUT2D eigenvalue weighted by atomic mass is 10.1. The molecule has 0 unspecified atom stereocenters. The second-order valence-electron chi connectivity index (χ2n) is 6.16. The largest absolute Gasteiger partial charge is 0.355 e. The maximum absolute atomic E-state index is 12.7. The summed E-state index contributed by atoms with van der Waals surface area (Å²) in [4.78, 5) is 12.9. The molecule has 2 N–H and O–H groups in total. The van der Waals surface area contributed by atoms with Gasteiger partial charge in [-0.15, -0.1) is 0 Å². The van der Waals surface area contributed by atoms with Crippen LogP contribution < -0.4 is 10.0 Å². The Kier molecular flexibility index (Phi) is 6.49. The summed E-state index contributed by atoms with van der Waals surface area (Å²) in [5, 5.41) is 3.73. The Labute approximate surface area is 175 Å². The first-order valence-corrected chi connectivity index (χ1v) is 10.6. The number of ketones is 1. The minimum Gasteiger partial charge on any atom is -0.355 e. The molecule has 0 bridgehead atoms. The van der Waals surface area contributed by atoms with Crippen LogP contribution in [-0.4, -0.2) is 21.2 Å². The third-order valence-corrected chi connectivity index (χ3v) is 5.85. The van der Waals surface area contributed by atoms with E-state index < -0.39 is 10.0 Å². The van der Waals surface area contributed by atoms with Gasteiger partial charge in [0, 0.05) is 16.3 Å². The highest BCUT2D eigenvalue weighted by Gasteiger charge is 2.11. The van der Waals surface area contributed by atoms with Gasteiger partial charge in [0.25, 0.3) is 0 Å². The highest BCUT2D eigenvalue weighted by molar-refractivity contribution is 7.89. The molecule has 0 aliphatic carbocycles. The third-order valence-electron chi connectivity index (χ3n) is 4.19. The topological polar surface area (TPSA) is 75.3 Å². The van der Waals surface area contributed by atoms with E-state index in [1.54, 1.807) is 36.4 Å². The first-order chi connectivity index (χ1) is 13.9. The van der Waals surface area contributed by atoms with Crippen molar-refractivity contribution in [3.05, 3.63) is 95.0 Å². The molecule has 29 heavy (non-hydrogen) atoms. The van der Waals surface area contributed by atoms with Crippen molar-refractivity contribution in [2.75, 3.05) is 12.4 Å². The number of hydrogen-bond acceptors (Lipinski definition) is 4. The SMILES string of the molecule is CNS(=O)(=O)c1ccc(C=CC(=O)c2ccc(Cl)cc2Nc2ccccc2)cc1. The molecule has 3 aromatic rings. The second kappa shape index (κ2) is 9.05. The van der Waals surface area contributed by atoms with Gasteiger partial charge in [-0.25, -0.2) is 13.1 Å². The fraction of sp³-hybridized carbons (Fsp3) is 0.0455. The Morgan fingerprint density at radius 1 is 0.966 bits per heavy atom. The Balaban J connectivity index is 1.82. The molecule has 3 rings (SSSR count). The number of hydrogen-bond donors (Lipinski definition) is 2. The van der Waals surface area contributed by atoms with Crippen molar-refractivity contribution in [1.82, 2.24) is 4.72 Å². The molecule has 0 atom stereocenters. The van der Waals surface area contributed by atoms with Crippen molar-refractivity contribution in [3.8, 4) is 0 Å². The molecule has 0 spiro atoms. The summed E-state index contributed by atoms with van der Waals surface area (Å²) in [5.74, 6) is -0.202. The van der Waals surface area contributed by atoms with Crippen LogP contribution in [0.1, 0.15) is 15.9 Å². The zero-order valence-electron chi connectivity index (χ0n) is 15.6. The minimum atomic E-state index is -3.49. The predicted molar refractivity (Wildman–Crippen MR) is 117 cm³/mol. The van der Waals surface area contributed by atoms with Crippen molar-refractivity contribution >= 4 is 44.9 Å².